The normalized spacial score (nSPS) is 15.3. The number of aryl methyl sites for hydroxylation is 1. The number of aliphatic hydroxyl groups is 1. The van der Waals surface area contributed by atoms with Gasteiger partial charge in [-0.05, 0) is 31.1 Å². The molecule has 1 atom stereocenters. The smallest absolute Gasteiger partial charge is 0.193 e. The second-order valence-electron chi connectivity index (χ2n) is 6.70. The standard InChI is InChI=1S/C15H26FNO2SSi/c1-11-17-12(10-20-11)9-13(16)14(7-8-18)19-21(5,6)15(2,3)4/h9-10,14,18H,7-8H2,1-6H3/t14-/m0/s1. The average Bonchev–Trinajstić information content (AvgIpc) is 2.72. The van der Waals surface area contributed by atoms with Crippen LogP contribution in [0.25, 0.3) is 6.08 Å². The molecule has 6 heteroatoms. The van der Waals surface area contributed by atoms with Crippen molar-refractivity contribution in [2.45, 2.75) is 58.4 Å². The molecule has 1 rings (SSSR count). The first kappa shape index (κ1) is 18.5. The highest BCUT2D eigenvalue weighted by molar-refractivity contribution is 7.09. The van der Waals surface area contributed by atoms with Gasteiger partial charge in [-0.3, -0.25) is 0 Å². The minimum atomic E-state index is -2.09. The summed E-state index contributed by atoms with van der Waals surface area (Å²) in [4.78, 5) is 4.23. The molecule has 0 saturated heterocycles. The summed E-state index contributed by atoms with van der Waals surface area (Å²) in [7, 11) is -2.09. The Kier molecular flexibility index (Phi) is 6.28. The van der Waals surface area contributed by atoms with Gasteiger partial charge in [0.15, 0.2) is 8.32 Å². The molecule has 3 nitrogen and oxygen atoms in total. The van der Waals surface area contributed by atoms with Crippen molar-refractivity contribution in [2.75, 3.05) is 6.61 Å². The fraction of sp³-hybridized carbons (Fsp3) is 0.667. The Morgan fingerprint density at radius 3 is 2.57 bits per heavy atom. The van der Waals surface area contributed by atoms with E-state index in [4.69, 9.17) is 4.43 Å². The Labute approximate surface area is 132 Å². The molecule has 21 heavy (non-hydrogen) atoms. The third kappa shape index (κ3) is 5.29. The molecule has 1 aromatic rings. The molecule has 120 valence electrons. The van der Waals surface area contributed by atoms with Gasteiger partial charge in [0.05, 0.1) is 16.8 Å². The molecule has 0 amide bonds. The van der Waals surface area contributed by atoms with Crippen molar-refractivity contribution < 1.29 is 13.9 Å². The summed E-state index contributed by atoms with van der Waals surface area (Å²) in [5, 5.41) is 11.9. The zero-order valence-electron chi connectivity index (χ0n) is 13.7. The van der Waals surface area contributed by atoms with E-state index < -0.39 is 14.4 Å². The van der Waals surface area contributed by atoms with Gasteiger partial charge in [-0.1, -0.05) is 20.8 Å². The van der Waals surface area contributed by atoms with E-state index in [0.29, 0.717) is 5.69 Å². The zero-order chi connectivity index (χ0) is 16.3. The van der Waals surface area contributed by atoms with Crippen LogP contribution in [0.2, 0.25) is 18.1 Å². The molecular weight excluding hydrogens is 305 g/mol. The lowest BCUT2D eigenvalue weighted by Gasteiger charge is -2.38. The highest BCUT2D eigenvalue weighted by atomic mass is 32.1. The van der Waals surface area contributed by atoms with Crippen molar-refractivity contribution >= 4 is 25.7 Å². The molecule has 0 aromatic carbocycles. The Hall–Kier alpha value is -0.563. The van der Waals surface area contributed by atoms with Crippen LogP contribution in [0, 0.1) is 6.92 Å². The van der Waals surface area contributed by atoms with Crippen LogP contribution in [0.4, 0.5) is 4.39 Å². The molecular formula is C15H26FNO2SSi. The maximum atomic E-state index is 14.5. The second-order valence-corrected chi connectivity index (χ2v) is 12.5. The van der Waals surface area contributed by atoms with Crippen LogP contribution in [-0.2, 0) is 4.43 Å². The highest BCUT2D eigenvalue weighted by Gasteiger charge is 2.39. The third-order valence-electron chi connectivity index (χ3n) is 3.86. The van der Waals surface area contributed by atoms with E-state index in [9.17, 15) is 9.50 Å². The Balaban J connectivity index is 2.93. The van der Waals surface area contributed by atoms with Crippen LogP contribution in [0.5, 0.6) is 0 Å². The predicted molar refractivity (Wildman–Crippen MR) is 89.7 cm³/mol. The summed E-state index contributed by atoms with van der Waals surface area (Å²) in [6.45, 7) is 12.3. The van der Waals surface area contributed by atoms with Crippen LogP contribution in [-0.4, -0.2) is 31.1 Å². The number of thiazole rings is 1. The molecule has 0 fully saturated rings. The van der Waals surface area contributed by atoms with Gasteiger partial charge in [-0.25, -0.2) is 9.37 Å². The second kappa shape index (κ2) is 7.13. The lowest BCUT2D eigenvalue weighted by Crippen LogP contribution is -2.44. The van der Waals surface area contributed by atoms with Crippen LogP contribution in [0.15, 0.2) is 11.2 Å². The van der Waals surface area contributed by atoms with Gasteiger partial charge >= 0.3 is 0 Å². The topological polar surface area (TPSA) is 42.4 Å². The molecule has 0 aliphatic heterocycles. The monoisotopic (exact) mass is 331 g/mol. The number of hydrogen-bond donors (Lipinski definition) is 1. The van der Waals surface area contributed by atoms with E-state index in [0.717, 1.165) is 5.01 Å². The zero-order valence-corrected chi connectivity index (χ0v) is 15.6. The van der Waals surface area contributed by atoms with Gasteiger partial charge in [0.25, 0.3) is 0 Å². The molecule has 0 radical (unpaired) electrons. The van der Waals surface area contributed by atoms with Crippen LogP contribution >= 0.6 is 11.3 Å². The molecule has 0 saturated carbocycles. The SMILES string of the molecule is Cc1nc(C=C(F)[C@H](CCO)O[Si](C)(C)C(C)(C)C)cs1. The van der Waals surface area contributed by atoms with Crippen molar-refractivity contribution in [1.82, 2.24) is 4.98 Å². The number of hydrogen-bond acceptors (Lipinski definition) is 4. The first-order valence-corrected chi connectivity index (χ1v) is 10.9. The Morgan fingerprint density at radius 1 is 1.52 bits per heavy atom. The van der Waals surface area contributed by atoms with Crippen LogP contribution in [0.1, 0.15) is 37.9 Å². The molecule has 1 heterocycles. The Bertz CT molecular complexity index is 494. The molecule has 0 aliphatic carbocycles. The van der Waals surface area contributed by atoms with E-state index in [1.807, 2.05) is 12.3 Å². The lowest BCUT2D eigenvalue weighted by atomic mass is 10.2. The number of rotatable bonds is 6. The van der Waals surface area contributed by atoms with Crippen molar-refractivity contribution in [1.29, 1.82) is 0 Å². The Morgan fingerprint density at radius 2 is 2.14 bits per heavy atom. The van der Waals surface area contributed by atoms with Crippen molar-refractivity contribution in [3.63, 3.8) is 0 Å². The van der Waals surface area contributed by atoms with Crippen LogP contribution < -0.4 is 0 Å². The molecule has 0 bridgehead atoms. The highest BCUT2D eigenvalue weighted by Crippen LogP contribution is 2.38. The van der Waals surface area contributed by atoms with Crippen LogP contribution in [0.3, 0.4) is 0 Å². The minimum Gasteiger partial charge on any atom is -0.407 e. The fourth-order valence-corrected chi connectivity index (χ4v) is 3.45. The lowest BCUT2D eigenvalue weighted by molar-refractivity contribution is 0.148. The maximum absolute atomic E-state index is 14.5. The van der Waals surface area contributed by atoms with Crippen molar-refractivity contribution in [3.05, 3.63) is 21.9 Å². The van der Waals surface area contributed by atoms with Gasteiger partial charge < -0.3 is 9.53 Å². The van der Waals surface area contributed by atoms with Crippen molar-refractivity contribution in [2.24, 2.45) is 0 Å². The first-order valence-electron chi connectivity index (χ1n) is 7.15. The summed E-state index contributed by atoms with van der Waals surface area (Å²) in [6, 6.07) is 0. The van der Waals surface area contributed by atoms with E-state index in [-0.39, 0.29) is 23.9 Å². The summed E-state index contributed by atoms with van der Waals surface area (Å²) in [5.41, 5.74) is 0.608. The van der Waals surface area contributed by atoms with E-state index in [1.165, 1.54) is 17.4 Å². The summed E-state index contributed by atoms with van der Waals surface area (Å²) >= 11 is 1.48. The average molecular weight is 332 g/mol. The quantitative estimate of drug-likeness (QED) is 0.779. The predicted octanol–water partition coefficient (Wildman–Crippen LogP) is 4.53. The van der Waals surface area contributed by atoms with E-state index >= 15 is 0 Å². The molecule has 0 spiro atoms. The summed E-state index contributed by atoms with van der Waals surface area (Å²) < 4.78 is 20.6. The maximum Gasteiger partial charge on any atom is 0.193 e. The number of aromatic nitrogens is 1. The van der Waals surface area contributed by atoms with E-state index in [2.05, 4.69) is 38.8 Å². The van der Waals surface area contributed by atoms with E-state index in [1.54, 1.807) is 0 Å². The summed E-state index contributed by atoms with van der Waals surface area (Å²) in [6.07, 6.45) is 0.979. The number of aliphatic hydroxyl groups excluding tert-OH is 1. The minimum absolute atomic E-state index is 0.00178. The van der Waals surface area contributed by atoms with Gasteiger partial charge in [0.2, 0.25) is 0 Å². The largest absolute Gasteiger partial charge is 0.407 e. The fourth-order valence-electron chi connectivity index (χ4n) is 1.58. The third-order valence-corrected chi connectivity index (χ3v) is 9.14. The van der Waals surface area contributed by atoms with Gasteiger partial charge in [0, 0.05) is 18.4 Å². The number of halogens is 1. The molecule has 1 N–H and O–H groups in total. The molecule has 0 unspecified atom stereocenters. The van der Waals surface area contributed by atoms with Gasteiger partial charge in [0.1, 0.15) is 5.83 Å². The van der Waals surface area contributed by atoms with Crippen molar-refractivity contribution in [3.8, 4) is 0 Å². The first-order chi connectivity index (χ1) is 9.56. The summed E-state index contributed by atoms with van der Waals surface area (Å²) in [5.74, 6) is -0.362. The molecule has 1 aromatic heterocycles. The molecule has 0 aliphatic rings. The number of nitrogens with zero attached hydrogens (tertiary/aromatic N) is 1. The van der Waals surface area contributed by atoms with Gasteiger partial charge in [-0.15, -0.1) is 11.3 Å². The van der Waals surface area contributed by atoms with Gasteiger partial charge in [-0.2, -0.15) is 0 Å².